The maximum absolute atomic E-state index is 13.4. The molecule has 0 atom stereocenters. The van der Waals surface area contributed by atoms with Crippen molar-refractivity contribution < 1.29 is 19.5 Å². The molecule has 0 spiro atoms. The quantitative estimate of drug-likeness (QED) is 0.242. The number of thiocarbonyl (C=S) groups is 1. The number of carbonyl (C=O) groups is 3. The van der Waals surface area contributed by atoms with E-state index in [1.807, 2.05) is 44.2 Å². The molecule has 4 aromatic rings. The molecule has 1 saturated heterocycles. The van der Waals surface area contributed by atoms with Crippen LogP contribution in [-0.2, 0) is 9.59 Å². The van der Waals surface area contributed by atoms with Crippen LogP contribution in [0.25, 0.3) is 22.5 Å². The maximum Gasteiger partial charge on any atom is 0.335 e. The van der Waals surface area contributed by atoms with Gasteiger partial charge in [-0.25, -0.2) is 4.79 Å². The second-order valence-electron chi connectivity index (χ2n) is 8.47. The van der Waals surface area contributed by atoms with Crippen LogP contribution in [0.2, 0.25) is 0 Å². The number of nitrogens with zero attached hydrogens (tertiary/aromatic N) is 2. The number of amides is 2. The summed E-state index contributed by atoms with van der Waals surface area (Å²) in [4.78, 5) is 38.8. The maximum atomic E-state index is 13.4. The number of hydrogen-bond donors (Lipinski definition) is 2. The van der Waals surface area contributed by atoms with Crippen LogP contribution in [0.5, 0.6) is 0 Å². The van der Waals surface area contributed by atoms with Gasteiger partial charge < -0.3 is 9.67 Å². The zero-order valence-electron chi connectivity index (χ0n) is 19.5. The van der Waals surface area contributed by atoms with Crippen LogP contribution >= 0.6 is 12.2 Å². The number of aromatic nitrogens is 1. The minimum absolute atomic E-state index is 0.00385. The highest BCUT2D eigenvalue weighted by Crippen LogP contribution is 2.29. The van der Waals surface area contributed by atoms with E-state index < -0.39 is 17.8 Å². The predicted octanol–water partition coefficient (Wildman–Crippen LogP) is 4.78. The first-order valence-electron chi connectivity index (χ1n) is 11.2. The molecular formula is C28H21N3O4S. The average Bonchev–Trinajstić information content (AvgIpc) is 3.13. The number of anilines is 1. The summed E-state index contributed by atoms with van der Waals surface area (Å²) in [5.74, 6) is -2.36. The van der Waals surface area contributed by atoms with Gasteiger partial charge in [-0.3, -0.25) is 19.8 Å². The number of aromatic carboxylic acids is 1. The lowest BCUT2D eigenvalue weighted by atomic mass is 10.1. The molecule has 7 nitrogen and oxygen atoms in total. The summed E-state index contributed by atoms with van der Waals surface area (Å²) in [5, 5.41) is 14.0. The number of aryl methyl sites for hydroxylation is 1. The van der Waals surface area contributed by atoms with E-state index in [2.05, 4.69) is 28.1 Å². The van der Waals surface area contributed by atoms with E-state index >= 15 is 0 Å². The van der Waals surface area contributed by atoms with E-state index in [-0.39, 0.29) is 21.9 Å². The molecule has 1 fully saturated rings. The Labute approximate surface area is 212 Å². The molecule has 178 valence electrons. The molecule has 36 heavy (non-hydrogen) atoms. The van der Waals surface area contributed by atoms with Crippen molar-refractivity contribution in [3.05, 3.63) is 101 Å². The topological polar surface area (TPSA) is 91.6 Å². The van der Waals surface area contributed by atoms with Gasteiger partial charge in [0.05, 0.1) is 16.9 Å². The average molecular weight is 496 g/mol. The van der Waals surface area contributed by atoms with Crippen LogP contribution in [0, 0.1) is 13.8 Å². The van der Waals surface area contributed by atoms with Crippen molar-refractivity contribution in [3.63, 3.8) is 0 Å². The number of rotatable bonds is 4. The lowest BCUT2D eigenvalue weighted by molar-refractivity contribution is -0.122. The van der Waals surface area contributed by atoms with Crippen molar-refractivity contribution in [3.8, 4) is 5.69 Å². The van der Waals surface area contributed by atoms with E-state index in [4.69, 9.17) is 12.2 Å². The molecule has 0 saturated carbocycles. The van der Waals surface area contributed by atoms with Gasteiger partial charge in [-0.05, 0) is 73.4 Å². The van der Waals surface area contributed by atoms with Gasteiger partial charge in [-0.15, -0.1) is 0 Å². The molecule has 5 rings (SSSR count). The Bertz CT molecular complexity index is 1630. The molecule has 0 bridgehead atoms. The minimum atomic E-state index is -1.13. The first kappa shape index (κ1) is 23.2. The predicted molar refractivity (Wildman–Crippen MR) is 142 cm³/mol. The summed E-state index contributed by atoms with van der Waals surface area (Å²) in [7, 11) is 0. The second-order valence-corrected chi connectivity index (χ2v) is 8.86. The monoisotopic (exact) mass is 495 g/mol. The second kappa shape index (κ2) is 8.90. The summed E-state index contributed by atoms with van der Waals surface area (Å²) in [6.45, 7) is 3.91. The number of fused-ring (bicyclic) bond motifs is 1. The Morgan fingerprint density at radius 3 is 2.47 bits per heavy atom. The summed E-state index contributed by atoms with van der Waals surface area (Å²) >= 11 is 5.24. The van der Waals surface area contributed by atoms with Crippen molar-refractivity contribution in [2.24, 2.45) is 0 Å². The fraction of sp³-hybridized carbons (Fsp3) is 0.0714. The fourth-order valence-corrected chi connectivity index (χ4v) is 4.81. The van der Waals surface area contributed by atoms with Crippen molar-refractivity contribution in [2.75, 3.05) is 4.90 Å². The molecule has 2 amide bonds. The number of carboxylic acids is 1. The Balaban J connectivity index is 1.59. The fourth-order valence-electron chi connectivity index (χ4n) is 4.53. The Morgan fingerprint density at radius 2 is 1.69 bits per heavy atom. The Morgan fingerprint density at radius 1 is 0.972 bits per heavy atom. The number of nitrogens with one attached hydrogen (secondary N) is 1. The summed E-state index contributed by atoms with van der Waals surface area (Å²) in [6, 6.07) is 22.0. The van der Waals surface area contributed by atoms with Crippen LogP contribution < -0.4 is 10.2 Å². The van der Waals surface area contributed by atoms with Gasteiger partial charge in [0, 0.05) is 16.8 Å². The highest BCUT2D eigenvalue weighted by atomic mass is 32.1. The van der Waals surface area contributed by atoms with Gasteiger partial charge in [-0.1, -0.05) is 42.5 Å². The van der Waals surface area contributed by atoms with E-state index in [0.29, 0.717) is 5.56 Å². The lowest BCUT2D eigenvalue weighted by Gasteiger charge is -2.29. The number of hydrogen-bond acceptors (Lipinski definition) is 4. The first-order valence-corrected chi connectivity index (χ1v) is 11.6. The van der Waals surface area contributed by atoms with E-state index in [0.717, 1.165) is 32.7 Å². The molecule has 1 aromatic heterocycles. The van der Waals surface area contributed by atoms with Gasteiger partial charge in [0.1, 0.15) is 5.57 Å². The lowest BCUT2D eigenvalue weighted by Crippen LogP contribution is -2.54. The third-order valence-electron chi connectivity index (χ3n) is 6.23. The first-order chi connectivity index (χ1) is 17.3. The van der Waals surface area contributed by atoms with E-state index in [1.54, 1.807) is 12.1 Å². The van der Waals surface area contributed by atoms with Crippen LogP contribution in [-0.4, -0.2) is 32.6 Å². The Kier molecular flexibility index (Phi) is 5.74. The molecule has 0 aliphatic carbocycles. The Hall–Kier alpha value is -4.56. The molecule has 1 aliphatic rings. The van der Waals surface area contributed by atoms with Gasteiger partial charge in [-0.2, -0.15) is 0 Å². The minimum Gasteiger partial charge on any atom is -0.478 e. The number of benzene rings is 3. The third kappa shape index (κ3) is 3.87. The molecular weight excluding hydrogens is 474 g/mol. The summed E-state index contributed by atoms with van der Waals surface area (Å²) in [6.07, 6.45) is 1.55. The van der Waals surface area contributed by atoms with Gasteiger partial charge in [0.15, 0.2) is 5.11 Å². The number of carbonyl (C=O) groups excluding carboxylic acids is 2. The van der Waals surface area contributed by atoms with Crippen molar-refractivity contribution >= 4 is 57.6 Å². The van der Waals surface area contributed by atoms with Crippen molar-refractivity contribution in [1.29, 1.82) is 0 Å². The molecule has 8 heteroatoms. The van der Waals surface area contributed by atoms with Crippen LogP contribution in [0.3, 0.4) is 0 Å². The molecule has 1 aliphatic heterocycles. The largest absolute Gasteiger partial charge is 0.478 e. The zero-order chi connectivity index (χ0) is 25.6. The van der Waals surface area contributed by atoms with Crippen molar-refractivity contribution in [2.45, 2.75) is 13.8 Å². The normalized spacial score (nSPS) is 15.0. The molecule has 3 aromatic carbocycles. The highest BCUT2D eigenvalue weighted by Gasteiger charge is 2.35. The van der Waals surface area contributed by atoms with Crippen LogP contribution in [0.15, 0.2) is 78.4 Å². The van der Waals surface area contributed by atoms with Crippen LogP contribution in [0.4, 0.5) is 5.69 Å². The van der Waals surface area contributed by atoms with Gasteiger partial charge >= 0.3 is 5.97 Å². The standard InChI is InChI=1S/C28H21N3O4S/c1-16-13-20(17(2)30(16)24-12-6-8-18-7-3-4-11-22(18)24)15-23-25(32)29-28(36)31(26(23)33)21-10-5-9-19(14-21)27(34)35/h3-15H,1-2H3,(H,34,35)(H,29,32,36). The van der Waals surface area contributed by atoms with E-state index in [9.17, 15) is 19.5 Å². The SMILES string of the molecule is Cc1cc(C=C2C(=O)NC(=S)N(c3cccc(C(=O)O)c3)C2=O)c(C)n1-c1cccc2ccccc12. The molecule has 0 radical (unpaired) electrons. The third-order valence-corrected chi connectivity index (χ3v) is 6.52. The molecule has 2 N–H and O–H groups in total. The number of carboxylic acid groups (broad SMARTS) is 1. The highest BCUT2D eigenvalue weighted by molar-refractivity contribution is 7.80. The molecule has 0 unspecified atom stereocenters. The summed E-state index contributed by atoms with van der Waals surface area (Å²) < 4.78 is 2.10. The van der Waals surface area contributed by atoms with Gasteiger partial charge in [0.25, 0.3) is 11.8 Å². The smallest absolute Gasteiger partial charge is 0.335 e. The van der Waals surface area contributed by atoms with Crippen LogP contribution in [0.1, 0.15) is 27.3 Å². The molecule has 2 heterocycles. The van der Waals surface area contributed by atoms with Gasteiger partial charge in [0.2, 0.25) is 0 Å². The van der Waals surface area contributed by atoms with Crippen molar-refractivity contribution in [1.82, 2.24) is 9.88 Å². The summed E-state index contributed by atoms with van der Waals surface area (Å²) in [5.41, 5.74) is 3.69. The van der Waals surface area contributed by atoms with E-state index in [1.165, 1.54) is 18.2 Å². The zero-order valence-corrected chi connectivity index (χ0v) is 20.3.